The summed E-state index contributed by atoms with van der Waals surface area (Å²) < 4.78 is 0. The number of nitrogens with zero attached hydrogens (tertiary/aromatic N) is 1. The van der Waals surface area contributed by atoms with Crippen molar-refractivity contribution in [1.82, 2.24) is 10.2 Å². The van der Waals surface area contributed by atoms with Gasteiger partial charge in [0.15, 0.2) is 0 Å². The van der Waals surface area contributed by atoms with Gasteiger partial charge in [-0.05, 0) is 36.6 Å². The van der Waals surface area contributed by atoms with E-state index in [9.17, 15) is 9.59 Å². The molecule has 5 heteroatoms. The summed E-state index contributed by atoms with van der Waals surface area (Å²) in [6.07, 6.45) is 0.635. The van der Waals surface area contributed by atoms with Gasteiger partial charge in [0, 0.05) is 24.0 Å². The lowest BCUT2D eigenvalue weighted by Crippen LogP contribution is -2.52. The van der Waals surface area contributed by atoms with E-state index in [1.165, 1.54) is 0 Å². The summed E-state index contributed by atoms with van der Waals surface area (Å²) in [6, 6.07) is 26.1. The third-order valence-electron chi connectivity index (χ3n) is 5.20. The van der Waals surface area contributed by atoms with Gasteiger partial charge in [0.25, 0.3) is 0 Å². The van der Waals surface area contributed by atoms with Crippen LogP contribution in [0.4, 0.5) is 0 Å². The molecule has 166 valence electrons. The molecule has 3 aromatic carbocycles. The van der Waals surface area contributed by atoms with Crippen molar-refractivity contribution in [2.75, 3.05) is 0 Å². The predicted molar refractivity (Wildman–Crippen MR) is 129 cm³/mol. The Morgan fingerprint density at radius 3 is 2.00 bits per heavy atom. The first-order chi connectivity index (χ1) is 15.4. The molecule has 0 fully saturated rings. The highest BCUT2D eigenvalue weighted by Gasteiger charge is 2.31. The molecule has 0 bridgehead atoms. The number of carbonyl (C=O) groups is 2. The Morgan fingerprint density at radius 2 is 1.41 bits per heavy atom. The standard InChI is InChI=1S/C27H29ClN2O2/c1-20(2)29-27(32)25(17-21-11-5-3-6-12-21)30(19-23-15-9-10-16-24(23)28)26(31)18-22-13-7-4-8-14-22/h3-16,20,25H,17-19H2,1-2H3,(H,29,32). The van der Waals surface area contributed by atoms with E-state index in [4.69, 9.17) is 11.6 Å². The van der Waals surface area contributed by atoms with E-state index in [0.717, 1.165) is 16.7 Å². The number of carbonyl (C=O) groups excluding carboxylic acids is 2. The number of benzene rings is 3. The highest BCUT2D eigenvalue weighted by atomic mass is 35.5. The monoisotopic (exact) mass is 448 g/mol. The minimum atomic E-state index is -0.660. The van der Waals surface area contributed by atoms with Gasteiger partial charge in [-0.25, -0.2) is 0 Å². The van der Waals surface area contributed by atoms with Gasteiger partial charge in [0.1, 0.15) is 6.04 Å². The normalized spacial score (nSPS) is 11.8. The SMILES string of the molecule is CC(C)NC(=O)C(Cc1ccccc1)N(Cc1ccccc1Cl)C(=O)Cc1ccccc1. The fraction of sp³-hybridized carbons (Fsp3) is 0.259. The average Bonchev–Trinajstić information content (AvgIpc) is 2.78. The number of hydrogen-bond donors (Lipinski definition) is 1. The number of halogens is 1. The van der Waals surface area contributed by atoms with Crippen molar-refractivity contribution in [3.05, 3.63) is 107 Å². The van der Waals surface area contributed by atoms with Crippen LogP contribution in [0.2, 0.25) is 5.02 Å². The molecule has 3 aromatic rings. The van der Waals surface area contributed by atoms with Gasteiger partial charge in [-0.1, -0.05) is 90.5 Å². The minimum Gasteiger partial charge on any atom is -0.352 e. The Labute approximate surface area is 195 Å². The molecule has 0 aliphatic rings. The van der Waals surface area contributed by atoms with Crippen LogP contribution in [0.1, 0.15) is 30.5 Å². The first-order valence-corrected chi connectivity index (χ1v) is 11.2. The molecule has 0 saturated heterocycles. The van der Waals surface area contributed by atoms with Crippen LogP contribution in [0, 0.1) is 0 Å². The Morgan fingerprint density at radius 1 is 0.844 bits per heavy atom. The van der Waals surface area contributed by atoms with Crippen molar-refractivity contribution in [2.45, 2.75) is 45.3 Å². The molecule has 0 aliphatic heterocycles. The Hall–Kier alpha value is -3.11. The van der Waals surface area contributed by atoms with E-state index in [1.807, 2.05) is 92.7 Å². The van der Waals surface area contributed by atoms with Crippen molar-refractivity contribution in [1.29, 1.82) is 0 Å². The summed E-state index contributed by atoms with van der Waals surface area (Å²) in [5, 5.41) is 3.57. The highest BCUT2D eigenvalue weighted by Crippen LogP contribution is 2.21. The summed E-state index contributed by atoms with van der Waals surface area (Å²) in [5.41, 5.74) is 2.71. The van der Waals surface area contributed by atoms with Crippen molar-refractivity contribution in [3.8, 4) is 0 Å². The zero-order valence-electron chi connectivity index (χ0n) is 18.5. The lowest BCUT2D eigenvalue weighted by atomic mass is 10.0. The Balaban J connectivity index is 1.97. The highest BCUT2D eigenvalue weighted by molar-refractivity contribution is 6.31. The maximum absolute atomic E-state index is 13.6. The van der Waals surface area contributed by atoms with Crippen LogP contribution in [-0.4, -0.2) is 28.8 Å². The maximum Gasteiger partial charge on any atom is 0.243 e. The fourth-order valence-corrected chi connectivity index (χ4v) is 3.81. The topological polar surface area (TPSA) is 49.4 Å². The molecule has 1 atom stereocenters. The van der Waals surface area contributed by atoms with Crippen LogP contribution < -0.4 is 5.32 Å². The lowest BCUT2D eigenvalue weighted by molar-refractivity contribution is -0.141. The first-order valence-electron chi connectivity index (χ1n) is 10.8. The van der Waals surface area contributed by atoms with Crippen molar-refractivity contribution in [2.24, 2.45) is 0 Å². The number of amides is 2. The molecular weight excluding hydrogens is 420 g/mol. The zero-order valence-corrected chi connectivity index (χ0v) is 19.3. The number of nitrogens with one attached hydrogen (secondary N) is 1. The molecule has 0 radical (unpaired) electrons. The molecule has 0 aliphatic carbocycles. The smallest absolute Gasteiger partial charge is 0.243 e. The molecule has 3 rings (SSSR count). The molecule has 1 N–H and O–H groups in total. The zero-order chi connectivity index (χ0) is 22.9. The summed E-state index contributed by atoms with van der Waals surface area (Å²) in [7, 11) is 0. The van der Waals surface area contributed by atoms with Crippen LogP contribution >= 0.6 is 11.6 Å². The van der Waals surface area contributed by atoms with E-state index < -0.39 is 6.04 Å². The number of hydrogen-bond acceptors (Lipinski definition) is 2. The Kier molecular flexibility index (Phi) is 8.46. The molecular formula is C27H29ClN2O2. The first kappa shape index (κ1) is 23.6. The quantitative estimate of drug-likeness (QED) is 0.498. The lowest BCUT2D eigenvalue weighted by Gasteiger charge is -2.32. The van der Waals surface area contributed by atoms with Gasteiger partial charge in [0.05, 0.1) is 6.42 Å². The number of rotatable bonds is 9. The third kappa shape index (κ3) is 6.69. The predicted octanol–water partition coefficient (Wildman–Crippen LogP) is 5.05. The van der Waals surface area contributed by atoms with Gasteiger partial charge in [-0.2, -0.15) is 0 Å². The van der Waals surface area contributed by atoms with Crippen LogP contribution in [-0.2, 0) is 29.0 Å². The molecule has 1 unspecified atom stereocenters. The van der Waals surface area contributed by atoms with Gasteiger partial charge < -0.3 is 10.2 Å². The second-order valence-electron chi connectivity index (χ2n) is 8.14. The largest absolute Gasteiger partial charge is 0.352 e. The van der Waals surface area contributed by atoms with E-state index in [0.29, 0.717) is 11.4 Å². The van der Waals surface area contributed by atoms with Gasteiger partial charge in [0.2, 0.25) is 11.8 Å². The summed E-state index contributed by atoms with van der Waals surface area (Å²) >= 11 is 6.42. The van der Waals surface area contributed by atoms with Crippen molar-refractivity contribution < 1.29 is 9.59 Å². The van der Waals surface area contributed by atoms with Gasteiger partial charge >= 0.3 is 0 Å². The van der Waals surface area contributed by atoms with Crippen LogP contribution in [0.3, 0.4) is 0 Å². The van der Waals surface area contributed by atoms with Gasteiger partial charge in [-0.3, -0.25) is 9.59 Å². The van der Waals surface area contributed by atoms with Crippen molar-refractivity contribution in [3.63, 3.8) is 0 Å². The van der Waals surface area contributed by atoms with Gasteiger partial charge in [-0.15, -0.1) is 0 Å². The van der Waals surface area contributed by atoms with E-state index in [-0.39, 0.29) is 30.8 Å². The molecule has 0 heterocycles. The van der Waals surface area contributed by atoms with Crippen LogP contribution in [0.5, 0.6) is 0 Å². The second-order valence-corrected chi connectivity index (χ2v) is 8.55. The van der Waals surface area contributed by atoms with E-state index >= 15 is 0 Å². The van der Waals surface area contributed by atoms with Crippen LogP contribution in [0.15, 0.2) is 84.9 Å². The van der Waals surface area contributed by atoms with E-state index in [1.54, 1.807) is 11.0 Å². The Bertz CT molecular complexity index is 1020. The molecule has 4 nitrogen and oxygen atoms in total. The van der Waals surface area contributed by atoms with Crippen molar-refractivity contribution >= 4 is 23.4 Å². The summed E-state index contributed by atoms with van der Waals surface area (Å²) in [5.74, 6) is -0.284. The van der Waals surface area contributed by atoms with Crippen LogP contribution in [0.25, 0.3) is 0 Å². The second kappa shape index (κ2) is 11.5. The van der Waals surface area contributed by atoms with E-state index in [2.05, 4.69) is 5.32 Å². The average molecular weight is 449 g/mol. The minimum absolute atomic E-state index is 0.0350. The molecule has 2 amide bonds. The molecule has 0 aromatic heterocycles. The molecule has 0 spiro atoms. The molecule has 0 saturated carbocycles. The summed E-state index contributed by atoms with van der Waals surface area (Å²) in [6.45, 7) is 4.09. The maximum atomic E-state index is 13.6. The third-order valence-corrected chi connectivity index (χ3v) is 5.57. The fourth-order valence-electron chi connectivity index (χ4n) is 3.62. The molecule has 32 heavy (non-hydrogen) atoms. The summed E-state index contributed by atoms with van der Waals surface area (Å²) in [4.78, 5) is 28.5.